The molecule has 1 aliphatic rings. The number of hydrogen-bond donors (Lipinski definition) is 1. The van der Waals surface area contributed by atoms with Gasteiger partial charge in [0.2, 0.25) is 0 Å². The van der Waals surface area contributed by atoms with E-state index in [0.29, 0.717) is 0 Å². The highest BCUT2D eigenvalue weighted by atomic mass is 19.4. The average Bonchev–Trinajstić information content (AvgIpc) is 1.82. The van der Waals surface area contributed by atoms with Crippen molar-refractivity contribution in [3.05, 3.63) is 35.1 Å². The number of halogens is 3. The Hall–Kier alpha value is -1.57. The molecule has 2 nitrogen and oxygen atoms in total. The van der Waals surface area contributed by atoms with E-state index in [1.807, 2.05) is 0 Å². The minimum Gasteiger partial charge on any atom is -0.398 e. The minimum atomic E-state index is -4.71. The van der Waals surface area contributed by atoms with Gasteiger partial charge in [0.05, 0.1) is 0 Å². The van der Waals surface area contributed by atoms with Crippen molar-refractivity contribution >= 4 is 0 Å². The molecular formula is C7H4F3NO. The van der Waals surface area contributed by atoms with Gasteiger partial charge in [-0.3, -0.25) is 0 Å². The molecule has 1 aliphatic carbocycles. The van der Waals surface area contributed by atoms with Crippen LogP contribution in [0.3, 0.4) is 0 Å². The zero-order valence-electron chi connectivity index (χ0n) is 5.77. The van der Waals surface area contributed by atoms with Gasteiger partial charge in [0, 0.05) is 17.8 Å². The van der Waals surface area contributed by atoms with Crippen LogP contribution >= 0.6 is 0 Å². The molecule has 0 aromatic carbocycles. The fourth-order valence-electron chi connectivity index (χ4n) is 0.599. The van der Waals surface area contributed by atoms with E-state index < -0.39 is 12.1 Å². The van der Waals surface area contributed by atoms with Crippen molar-refractivity contribution in [3.63, 3.8) is 0 Å². The van der Waals surface area contributed by atoms with Crippen molar-refractivity contribution in [1.82, 2.24) is 0 Å². The van der Waals surface area contributed by atoms with E-state index in [4.69, 9.17) is 5.73 Å². The summed E-state index contributed by atoms with van der Waals surface area (Å²) in [6.45, 7) is 0. The van der Waals surface area contributed by atoms with Crippen molar-refractivity contribution < 1.29 is 17.9 Å². The van der Waals surface area contributed by atoms with Gasteiger partial charge in [0.15, 0.2) is 5.76 Å². The number of rotatable bonds is 1. The lowest BCUT2D eigenvalue weighted by atomic mass is 10.3. The molecule has 0 atom stereocenters. The predicted octanol–water partition coefficient (Wildman–Crippen LogP) is 1.57. The first kappa shape index (κ1) is 8.53. The number of hydrogen-bond acceptors (Lipinski definition) is 2. The summed E-state index contributed by atoms with van der Waals surface area (Å²) in [6, 6.07) is 0. The lowest BCUT2D eigenvalue weighted by Gasteiger charge is -2.08. The molecule has 0 aromatic rings. The van der Waals surface area contributed by atoms with E-state index in [1.165, 1.54) is 6.08 Å². The van der Waals surface area contributed by atoms with Gasteiger partial charge in [0.1, 0.15) is 0 Å². The SMILES string of the molecule is NC1=CC(OC(F)(F)F)=C=C=C1. The molecule has 12 heavy (non-hydrogen) atoms. The van der Waals surface area contributed by atoms with Crippen molar-refractivity contribution in [3.8, 4) is 0 Å². The van der Waals surface area contributed by atoms with Gasteiger partial charge in [-0.1, -0.05) is 5.73 Å². The summed E-state index contributed by atoms with van der Waals surface area (Å²) in [7, 11) is 0. The molecule has 5 heteroatoms. The Morgan fingerprint density at radius 3 is 2.58 bits per heavy atom. The highest BCUT2D eigenvalue weighted by Gasteiger charge is 2.31. The number of ether oxygens (including phenoxy) is 1. The topological polar surface area (TPSA) is 35.2 Å². The van der Waals surface area contributed by atoms with Crippen molar-refractivity contribution in [2.24, 2.45) is 5.73 Å². The maximum Gasteiger partial charge on any atom is 0.573 e. The van der Waals surface area contributed by atoms with E-state index in [9.17, 15) is 13.2 Å². The zero-order chi connectivity index (χ0) is 9.19. The smallest absolute Gasteiger partial charge is 0.398 e. The molecule has 0 heterocycles. The summed E-state index contributed by atoms with van der Waals surface area (Å²) in [5, 5.41) is 0. The van der Waals surface area contributed by atoms with Crippen LogP contribution in [0.1, 0.15) is 0 Å². The van der Waals surface area contributed by atoms with Gasteiger partial charge < -0.3 is 10.5 Å². The second-order valence-corrected chi connectivity index (χ2v) is 1.97. The highest BCUT2D eigenvalue weighted by molar-refractivity contribution is 5.28. The van der Waals surface area contributed by atoms with E-state index in [-0.39, 0.29) is 5.70 Å². The molecule has 2 N–H and O–H groups in total. The largest absolute Gasteiger partial charge is 0.573 e. The van der Waals surface area contributed by atoms with E-state index >= 15 is 0 Å². The van der Waals surface area contributed by atoms with Crippen LogP contribution in [0, 0.1) is 0 Å². The Labute approximate surface area is 66.1 Å². The third kappa shape index (κ3) is 2.58. The summed E-state index contributed by atoms with van der Waals surface area (Å²) in [5.41, 5.74) is 9.72. The molecule has 0 aromatic heterocycles. The maximum absolute atomic E-state index is 11.6. The number of allylic oxidation sites excluding steroid dienone is 2. The zero-order valence-corrected chi connectivity index (χ0v) is 5.77. The number of nitrogens with two attached hydrogens (primary N) is 1. The second-order valence-electron chi connectivity index (χ2n) is 1.97. The summed E-state index contributed by atoms with van der Waals surface area (Å²) in [6.07, 6.45) is -2.40. The minimum absolute atomic E-state index is 0.146. The standard InChI is InChI=1S/C7H4F3NO/c8-7(9,10)12-6-3-1-2-5(11)4-6/h2,4H,11H2. The first-order valence-electron chi connectivity index (χ1n) is 2.92. The van der Waals surface area contributed by atoms with Crippen molar-refractivity contribution in [1.29, 1.82) is 0 Å². The fraction of sp³-hybridized carbons (Fsp3) is 0.143. The van der Waals surface area contributed by atoms with Crippen LogP contribution < -0.4 is 5.73 Å². The summed E-state index contributed by atoms with van der Waals surface area (Å²) in [5.74, 6) is -0.484. The molecule has 0 unspecified atom stereocenters. The van der Waals surface area contributed by atoms with Crippen LogP contribution in [-0.2, 0) is 4.74 Å². The van der Waals surface area contributed by atoms with Crippen molar-refractivity contribution in [2.75, 3.05) is 0 Å². The quantitative estimate of drug-likeness (QED) is 0.614. The molecule has 0 radical (unpaired) electrons. The summed E-state index contributed by atoms with van der Waals surface area (Å²) < 4.78 is 38.2. The van der Waals surface area contributed by atoms with E-state index in [2.05, 4.69) is 16.2 Å². The van der Waals surface area contributed by atoms with Crippen LogP contribution in [0.5, 0.6) is 0 Å². The predicted molar refractivity (Wildman–Crippen MR) is 34.5 cm³/mol. The first-order valence-corrected chi connectivity index (χ1v) is 2.92. The van der Waals surface area contributed by atoms with Gasteiger partial charge in [-0.05, 0) is 5.73 Å². The van der Waals surface area contributed by atoms with Crippen LogP contribution in [0.4, 0.5) is 13.2 Å². The van der Waals surface area contributed by atoms with Crippen LogP contribution in [0.25, 0.3) is 0 Å². The third-order valence-electron chi connectivity index (χ3n) is 0.958. The first-order chi connectivity index (χ1) is 5.47. The maximum atomic E-state index is 11.6. The lowest BCUT2D eigenvalue weighted by molar-refractivity contribution is -0.303. The summed E-state index contributed by atoms with van der Waals surface area (Å²) in [4.78, 5) is 0. The molecule has 0 saturated heterocycles. The monoisotopic (exact) mass is 175 g/mol. The average molecular weight is 175 g/mol. The van der Waals surface area contributed by atoms with Gasteiger partial charge in [-0.25, -0.2) is 0 Å². The Balaban J connectivity index is 2.80. The molecule has 0 aliphatic heterocycles. The van der Waals surface area contributed by atoms with Gasteiger partial charge in [-0.2, -0.15) is 0 Å². The molecule has 0 spiro atoms. The van der Waals surface area contributed by atoms with Crippen LogP contribution in [-0.4, -0.2) is 6.36 Å². The van der Waals surface area contributed by atoms with Gasteiger partial charge >= 0.3 is 6.36 Å². The van der Waals surface area contributed by atoms with Gasteiger partial charge in [0.25, 0.3) is 0 Å². The molecule has 64 valence electrons. The molecule has 0 saturated carbocycles. The van der Waals surface area contributed by atoms with Crippen LogP contribution in [0.2, 0.25) is 0 Å². The second kappa shape index (κ2) is 2.81. The molecule has 1 rings (SSSR count). The lowest BCUT2D eigenvalue weighted by Crippen LogP contribution is -2.12. The van der Waals surface area contributed by atoms with Crippen LogP contribution in [0.15, 0.2) is 35.1 Å². The molecular weight excluding hydrogens is 171 g/mol. The highest BCUT2D eigenvalue weighted by Crippen LogP contribution is 2.21. The third-order valence-corrected chi connectivity index (χ3v) is 0.958. The fourth-order valence-corrected chi connectivity index (χ4v) is 0.599. The summed E-state index contributed by atoms with van der Waals surface area (Å²) >= 11 is 0. The normalized spacial score (nSPS) is 15.6. The van der Waals surface area contributed by atoms with E-state index in [0.717, 1.165) is 6.08 Å². The number of alkyl halides is 3. The molecule has 0 amide bonds. The Bertz CT molecular complexity index is 314. The Morgan fingerprint density at radius 1 is 1.42 bits per heavy atom. The Morgan fingerprint density at radius 2 is 2.08 bits per heavy atom. The van der Waals surface area contributed by atoms with Gasteiger partial charge in [-0.15, -0.1) is 13.2 Å². The molecule has 0 bridgehead atoms. The van der Waals surface area contributed by atoms with E-state index in [1.54, 1.807) is 0 Å². The Kier molecular flexibility index (Phi) is 2.00. The molecule has 0 fully saturated rings. The van der Waals surface area contributed by atoms with Crippen molar-refractivity contribution in [2.45, 2.75) is 6.36 Å².